The lowest BCUT2D eigenvalue weighted by atomic mass is 9.87. The van der Waals surface area contributed by atoms with Crippen molar-refractivity contribution in [2.45, 2.75) is 39.2 Å². The summed E-state index contributed by atoms with van der Waals surface area (Å²) in [7, 11) is 4.20. The fraction of sp³-hybridized carbons (Fsp3) is 0.944. The Bertz CT molecular complexity index is 394. The van der Waals surface area contributed by atoms with Crippen LogP contribution in [0.3, 0.4) is 0 Å². The molecule has 1 N–H and O–H groups in total. The number of nitrogens with one attached hydrogen (secondary N) is 1. The molecule has 0 aliphatic carbocycles. The first-order valence-electron chi connectivity index (χ1n) is 9.46. The van der Waals surface area contributed by atoms with E-state index in [1.54, 1.807) is 0 Å². The maximum atomic E-state index is 5.88. The number of rotatable bonds is 8. The molecule has 0 bridgehead atoms. The highest BCUT2D eigenvalue weighted by atomic mass is 16.5. The number of hydrogen-bond donors (Lipinski definition) is 1. The predicted molar refractivity (Wildman–Crippen MR) is 98.6 cm³/mol. The molecular formula is C18H36N4O2. The van der Waals surface area contributed by atoms with Gasteiger partial charge in [0, 0.05) is 44.8 Å². The molecule has 2 unspecified atom stereocenters. The average molecular weight is 341 g/mol. The van der Waals surface area contributed by atoms with Gasteiger partial charge >= 0.3 is 0 Å². The van der Waals surface area contributed by atoms with E-state index in [2.05, 4.69) is 43.1 Å². The molecule has 0 radical (unpaired) electrons. The first-order valence-corrected chi connectivity index (χ1v) is 9.46. The fourth-order valence-electron chi connectivity index (χ4n) is 3.57. The quantitative estimate of drug-likeness (QED) is 0.535. The Morgan fingerprint density at radius 3 is 2.83 bits per heavy atom. The molecule has 2 aliphatic heterocycles. The maximum absolute atomic E-state index is 5.88. The number of aliphatic imine (C=N–C) groups is 1. The third-order valence-corrected chi connectivity index (χ3v) is 5.00. The van der Waals surface area contributed by atoms with Crippen molar-refractivity contribution in [1.82, 2.24) is 15.1 Å². The normalized spacial score (nSPS) is 25.9. The fourth-order valence-corrected chi connectivity index (χ4v) is 3.57. The molecule has 0 aromatic carbocycles. The van der Waals surface area contributed by atoms with Crippen LogP contribution >= 0.6 is 0 Å². The zero-order chi connectivity index (χ0) is 17.4. The van der Waals surface area contributed by atoms with Gasteiger partial charge in [-0.25, -0.2) is 0 Å². The minimum Gasteiger partial charge on any atom is -0.381 e. The Labute approximate surface area is 147 Å². The Balaban J connectivity index is 1.93. The highest BCUT2D eigenvalue weighted by Gasteiger charge is 2.42. The van der Waals surface area contributed by atoms with Crippen LogP contribution in [0.1, 0.15) is 33.1 Å². The van der Waals surface area contributed by atoms with E-state index in [1.807, 2.05) is 0 Å². The summed E-state index contributed by atoms with van der Waals surface area (Å²) < 4.78 is 11.5. The minimum atomic E-state index is 0.192. The molecule has 24 heavy (non-hydrogen) atoms. The van der Waals surface area contributed by atoms with Crippen LogP contribution in [0, 0.1) is 5.41 Å². The lowest BCUT2D eigenvalue weighted by Crippen LogP contribution is -2.42. The van der Waals surface area contributed by atoms with Gasteiger partial charge in [0.2, 0.25) is 0 Å². The second-order valence-corrected chi connectivity index (χ2v) is 7.34. The molecule has 0 amide bonds. The molecule has 6 heteroatoms. The molecule has 2 rings (SSSR count). The van der Waals surface area contributed by atoms with Gasteiger partial charge in [-0.3, -0.25) is 4.99 Å². The van der Waals surface area contributed by atoms with Gasteiger partial charge in [-0.2, -0.15) is 0 Å². The zero-order valence-electron chi connectivity index (χ0n) is 16.0. The second kappa shape index (κ2) is 9.59. The Morgan fingerprint density at radius 2 is 2.21 bits per heavy atom. The van der Waals surface area contributed by atoms with Crippen molar-refractivity contribution in [3.05, 3.63) is 0 Å². The van der Waals surface area contributed by atoms with Gasteiger partial charge in [-0.05, 0) is 47.2 Å². The van der Waals surface area contributed by atoms with Gasteiger partial charge in [0.05, 0.1) is 19.3 Å². The monoisotopic (exact) mass is 340 g/mol. The molecule has 2 fully saturated rings. The topological polar surface area (TPSA) is 49.3 Å². The Hall–Kier alpha value is -0.850. The van der Waals surface area contributed by atoms with Gasteiger partial charge in [0.25, 0.3) is 0 Å². The largest absolute Gasteiger partial charge is 0.381 e. The van der Waals surface area contributed by atoms with Gasteiger partial charge in [-0.15, -0.1) is 0 Å². The van der Waals surface area contributed by atoms with Crippen LogP contribution in [0.2, 0.25) is 0 Å². The third kappa shape index (κ3) is 5.60. The SMILES string of the molecule is CCNC(=NCC(CCN(C)C)OCC)N1CCC2(CCOC2)C1. The van der Waals surface area contributed by atoms with Gasteiger partial charge < -0.3 is 24.6 Å². The van der Waals surface area contributed by atoms with Crippen molar-refractivity contribution in [2.24, 2.45) is 10.4 Å². The van der Waals surface area contributed by atoms with Crippen LogP contribution < -0.4 is 5.32 Å². The smallest absolute Gasteiger partial charge is 0.194 e. The molecule has 6 nitrogen and oxygen atoms in total. The number of hydrogen-bond acceptors (Lipinski definition) is 4. The molecule has 0 saturated carbocycles. The van der Waals surface area contributed by atoms with Crippen LogP contribution in [0.15, 0.2) is 4.99 Å². The van der Waals surface area contributed by atoms with Crippen molar-refractivity contribution in [1.29, 1.82) is 0 Å². The summed E-state index contributed by atoms with van der Waals surface area (Å²) in [5, 5.41) is 3.46. The highest BCUT2D eigenvalue weighted by Crippen LogP contribution is 2.38. The summed E-state index contributed by atoms with van der Waals surface area (Å²) in [4.78, 5) is 9.50. The number of likely N-dealkylation sites (tertiary alicyclic amines) is 1. The molecular weight excluding hydrogens is 304 g/mol. The standard InChI is InChI=1S/C18H36N4O2/c1-5-19-17(20-13-16(24-6-2)7-10-21(3)4)22-11-8-18(14-22)9-12-23-15-18/h16H,5-15H2,1-4H3,(H,19,20). The van der Waals surface area contributed by atoms with Gasteiger partial charge in [0.1, 0.15) is 0 Å². The lowest BCUT2D eigenvalue weighted by Gasteiger charge is -2.25. The van der Waals surface area contributed by atoms with E-state index in [1.165, 1.54) is 12.8 Å². The summed E-state index contributed by atoms with van der Waals surface area (Å²) >= 11 is 0. The molecule has 2 saturated heterocycles. The molecule has 0 aromatic heterocycles. The Morgan fingerprint density at radius 1 is 1.38 bits per heavy atom. The van der Waals surface area contributed by atoms with E-state index in [9.17, 15) is 0 Å². The van der Waals surface area contributed by atoms with E-state index in [0.717, 1.165) is 64.9 Å². The number of ether oxygens (including phenoxy) is 2. The van der Waals surface area contributed by atoms with E-state index in [0.29, 0.717) is 5.41 Å². The second-order valence-electron chi connectivity index (χ2n) is 7.34. The summed E-state index contributed by atoms with van der Waals surface area (Å²) in [6, 6.07) is 0. The van der Waals surface area contributed by atoms with E-state index in [-0.39, 0.29) is 6.10 Å². The number of guanidine groups is 1. The zero-order valence-corrected chi connectivity index (χ0v) is 16.0. The van der Waals surface area contributed by atoms with E-state index in [4.69, 9.17) is 14.5 Å². The van der Waals surface area contributed by atoms with E-state index < -0.39 is 0 Å². The van der Waals surface area contributed by atoms with E-state index >= 15 is 0 Å². The lowest BCUT2D eigenvalue weighted by molar-refractivity contribution is 0.0581. The van der Waals surface area contributed by atoms with Crippen LogP contribution in [0.5, 0.6) is 0 Å². The van der Waals surface area contributed by atoms with Crippen molar-refractivity contribution in [2.75, 3.05) is 66.6 Å². The van der Waals surface area contributed by atoms with Crippen LogP contribution in [0.4, 0.5) is 0 Å². The minimum absolute atomic E-state index is 0.192. The predicted octanol–water partition coefficient (Wildman–Crippen LogP) is 1.42. The third-order valence-electron chi connectivity index (χ3n) is 5.00. The molecule has 140 valence electrons. The van der Waals surface area contributed by atoms with Crippen molar-refractivity contribution >= 4 is 5.96 Å². The van der Waals surface area contributed by atoms with Crippen LogP contribution in [-0.2, 0) is 9.47 Å². The average Bonchev–Trinajstić information content (AvgIpc) is 3.19. The first kappa shape index (κ1) is 19.5. The maximum Gasteiger partial charge on any atom is 0.194 e. The van der Waals surface area contributed by atoms with Gasteiger partial charge in [-0.1, -0.05) is 0 Å². The summed E-state index contributed by atoms with van der Waals surface area (Å²) in [6.45, 7) is 11.6. The summed E-state index contributed by atoms with van der Waals surface area (Å²) in [6.07, 6.45) is 3.61. The molecule has 2 heterocycles. The molecule has 0 aromatic rings. The van der Waals surface area contributed by atoms with Crippen molar-refractivity contribution < 1.29 is 9.47 Å². The van der Waals surface area contributed by atoms with Gasteiger partial charge in [0.15, 0.2) is 5.96 Å². The van der Waals surface area contributed by atoms with Crippen LogP contribution in [-0.4, -0.2) is 88.5 Å². The summed E-state index contributed by atoms with van der Waals surface area (Å²) in [5.74, 6) is 1.04. The molecule has 1 spiro atoms. The molecule has 2 aliphatic rings. The highest BCUT2D eigenvalue weighted by molar-refractivity contribution is 5.80. The van der Waals surface area contributed by atoms with Crippen LogP contribution in [0.25, 0.3) is 0 Å². The van der Waals surface area contributed by atoms with Crippen molar-refractivity contribution in [3.63, 3.8) is 0 Å². The molecule has 2 atom stereocenters. The Kier molecular flexibility index (Phi) is 7.78. The summed E-state index contributed by atoms with van der Waals surface area (Å²) in [5.41, 5.74) is 0.362. The first-order chi connectivity index (χ1) is 11.6. The number of nitrogens with zero attached hydrogens (tertiary/aromatic N) is 3. The van der Waals surface area contributed by atoms with Crippen molar-refractivity contribution in [3.8, 4) is 0 Å².